The maximum Gasteiger partial charge on any atom is 0.241 e. The lowest BCUT2D eigenvalue weighted by atomic mass is 10.1. The normalized spacial score (nSPS) is 11.4. The first kappa shape index (κ1) is 15.5. The Morgan fingerprint density at radius 2 is 1.71 bits per heavy atom. The highest BCUT2D eigenvalue weighted by Crippen LogP contribution is 2.25. The maximum absolute atomic E-state index is 12.4. The van der Waals surface area contributed by atoms with Gasteiger partial charge < -0.3 is 4.74 Å². The van der Waals surface area contributed by atoms with Crippen LogP contribution in [0.15, 0.2) is 47.4 Å². The SMILES string of the molecule is COc1cc(C)c(S(=O)(=O)NCc2ccccc2)cc1C. The lowest BCUT2D eigenvalue weighted by Gasteiger charge is -2.13. The number of methoxy groups -OCH3 is 1. The lowest BCUT2D eigenvalue weighted by Crippen LogP contribution is -2.24. The Hall–Kier alpha value is -1.85. The van der Waals surface area contributed by atoms with Gasteiger partial charge in [-0.15, -0.1) is 0 Å². The van der Waals surface area contributed by atoms with Crippen LogP contribution in [0.1, 0.15) is 16.7 Å². The Labute approximate surface area is 125 Å². The van der Waals surface area contributed by atoms with Crippen molar-refractivity contribution in [2.45, 2.75) is 25.3 Å². The molecule has 0 saturated carbocycles. The van der Waals surface area contributed by atoms with E-state index in [1.165, 1.54) is 0 Å². The van der Waals surface area contributed by atoms with Crippen LogP contribution in [0.3, 0.4) is 0 Å². The Morgan fingerprint density at radius 1 is 1.05 bits per heavy atom. The van der Waals surface area contributed by atoms with Crippen molar-refractivity contribution in [2.24, 2.45) is 0 Å². The van der Waals surface area contributed by atoms with Crippen molar-refractivity contribution in [3.8, 4) is 5.75 Å². The summed E-state index contributed by atoms with van der Waals surface area (Å²) in [5, 5.41) is 0. The Morgan fingerprint density at radius 3 is 2.33 bits per heavy atom. The molecule has 2 aromatic carbocycles. The molecule has 5 heteroatoms. The third-order valence-corrected chi connectivity index (χ3v) is 4.83. The van der Waals surface area contributed by atoms with Gasteiger partial charge in [-0.2, -0.15) is 0 Å². The van der Waals surface area contributed by atoms with Crippen LogP contribution in [-0.2, 0) is 16.6 Å². The van der Waals surface area contributed by atoms with Crippen LogP contribution in [0.2, 0.25) is 0 Å². The van der Waals surface area contributed by atoms with Gasteiger partial charge in [0.05, 0.1) is 12.0 Å². The molecule has 0 saturated heterocycles. The quantitative estimate of drug-likeness (QED) is 0.924. The molecular formula is C16H19NO3S. The number of aryl methyl sites for hydroxylation is 2. The molecule has 4 nitrogen and oxygen atoms in total. The minimum absolute atomic E-state index is 0.272. The van der Waals surface area contributed by atoms with Gasteiger partial charge in [0.2, 0.25) is 10.0 Å². The first-order valence-electron chi connectivity index (χ1n) is 6.63. The summed E-state index contributed by atoms with van der Waals surface area (Å²) in [4.78, 5) is 0.289. The molecule has 0 spiro atoms. The Balaban J connectivity index is 2.26. The summed E-state index contributed by atoms with van der Waals surface area (Å²) >= 11 is 0. The molecule has 0 bridgehead atoms. The molecule has 0 amide bonds. The predicted octanol–water partition coefficient (Wildman–Crippen LogP) is 2.79. The van der Waals surface area contributed by atoms with E-state index in [0.717, 1.165) is 11.1 Å². The minimum Gasteiger partial charge on any atom is -0.496 e. The standard InChI is InChI=1S/C16H19NO3S/c1-12-10-16(13(2)9-15(12)20-3)21(18,19)17-11-14-7-5-4-6-8-14/h4-10,17H,11H2,1-3H3. The molecule has 0 heterocycles. The van der Waals surface area contributed by atoms with E-state index in [9.17, 15) is 8.42 Å². The van der Waals surface area contributed by atoms with Crippen LogP contribution in [0.4, 0.5) is 0 Å². The van der Waals surface area contributed by atoms with E-state index in [1.54, 1.807) is 26.2 Å². The number of benzene rings is 2. The first-order valence-corrected chi connectivity index (χ1v) is 8.11. The molecule has 0 aliphatic carbocycles. The van der Waals surface area contributed by atoms with E-state index >= 15 is 0 Å². The van der Waals surface area contributed by atoms with Crippen LogP contribution in [0.5, 0.6) is 5.75 Å². The van der Waals surface area contributed by atoms with Gasteiger partial charge in [-0.1, -0.05) is 30.3 Å². The summed E-state index contributed by atoms with van der Waals surface area (Å²) < 4.78 is 32.7. The first-order chi connectivity index (χ1) is 9.94. The van der Waals surface area contributed by atoms with Crippen LogP contribution < -0.4 is 9.46 Å². The van der Waals surface area contributed by atoms with E-state index in [-0.39, 0.29) is 11.4 Å². The topological polar surface area (TPSA) is 55.4 Å². The summed E-state index contributed by atoms with van der Waals surface area (Å²) in [6.07, 6.45) is 0. The number of sulfonamides is 1. The van der Waals surface area contributed by atoms with Crippen molar-refractivity contribution in [1.29, 1.82) is 0 Å². The van der Waals surface area contributed by atoms with E-state index < -0.39 is 10.0 Å². The number of hydrogen-bond donors (Lipinski definition) is 1. The van der Waals surface area contributed by atoms with E-state index in [4.69, 9.17) is 4.74 Å². The molecule has 1 N–H and O–H groups in total. The zero-order chi connectivity index (χ0) is 15.5. The van der Waals surface area contributed by atoms with Gasteiger partial charge in [0.1, 0.15) is 5.75 Å². The smallest absolute Gasteiger partial charge is 0.241 e. The van der Waals surface area contributed by atoms with Gasteiger partial charge in [0, 0.05) is 6.54 Å². The molecule has 21 heavy (non-hydrogen) atoms. The monoisotopic (exact) mass is 305 g/mol. The second kappa shape index (κ2) is 6.28. The zero-order valence-electron chi connectivity index (χ0n) is 12.4. The molecule has 0 radical (unpaired) electrons. The summed E-state index contributed by atoms with van der Waals surface area (Å²) in [7, 11) is -1.97. The van der Waals surface area contributed by atoms with Crippen LogP contribution in [0.25, 0.3) is 0 Å². The molecule has 2 rings (SSSR count). The van der Waals surface area contributed by atoms with E-state index in [1.807, 2.05) is 37.3 Å². The molecular weight excluding hydrogens is 286 g/mol. The van der Waals surface area contributed by atoms with Crippen LogP contribution in [0, 0.1) is 13.8 Å². The molecule has 112 valence electrons. The second-order valence-electron chi connectivity index (χ2n) is 4.90. The number of nitrogens with one attached hydrogen (secondary N) is 1. The fourth-order valence-corrected chi connectivity index (χ4v) is 3.45. The largest absolute Gasteiger partial charge is 0.496 e. The second-order valence-corrected chi connectivity index (χ2v) is 6.63. The van der Waals surface area contributed by atoms with Crippen LogP contribution >= 0.6 is 0 Å². The van der Waals surface area contributed by atoms with Gasteiger partial charge in [-0.3, -0.25) is 0 Å². The highest BCUT2D eigenvalue weighted by molar-refractivity contribution is 7.89. The highest BCUT2D eigenvalue weighted by Gasteiger charge is 2.18. The summed E-state index contributed by atoms with van der Waals surface area (Å²) in [6, 6.07) is 12.8. The summed E-state index contributed by atoms with van der Waals surface area (Å²) in [5.41, 5.74) is 2.38. The maximum atomic E-state index is 12.4. The molecule has 0 atom stereocenters. The predicted molar refractivity (Wildman–Crippen MR) is 82.9 cm³/mol. The van der Waals surface area contributed by atoms with Crippen molar-refractivity contribution in [1.82, 2.24) is 4.72 Å². The van der Waals surface area contributed by atoms with Gasteiger partial charge in [0.15, 0.2) is 0 Å². The van der Waals surface area contributed by atoms with Crippen molar-refractivity contribution in [3.05, 3.63) is 59.2 Å². The Kier molecular flexibility index (Phi) is 4.65. The molecule has 0 aliphatic heterocycles. The molecule has 0 aromatic heterocycles. The van der Waals surface area contributed by atoms with Crippen molar-refractivity contribution < 1.29 is 13.2 Å². The van der Waals surface area contributed by atoms with Gasteiger partial charge in [-0.25, -0.2) is 13.1 Å². The van der Waals surface area contributed by atoms with Crippen molar-refractivity contribution in [2.75, 3.05) is 7.11 Å². The molecule has 0 unspecified atom stereocenters. The average molecular weight is 305 g/mol. The molecule has 0 fully saturated rings. The number of ether oxygens (including phenoxy) is 1. The molecule has 2 aromatic rings. The fraction of sp³-hybridized carbons (Fsp3) is 0.250. The average Bonchev–Trinajstić information content (AvgIpc) is 2.48. The number of hydrogen-bond acceptors (Lipinski definition) is 3. The number of rotatable bonds is 5. The molecule has 0 aliphatic rings. The minimum atomic E-state index is -3.54. The lowest BCUT2D eigenvalue weighted by molar-refractivity contribution is 0.411. The van der Waals surface area contributed by atoms with Crippen molar-refractivity contribution in [3.63, 3.8) is 0 Å². The van der Waals surface area contributed by atoms with E-state index in [2.05, 4.69) is 4.72 Å². The Bertz CT molecular complexity index is 725. The fourth-order valence-electron chi connectivity index (χ4n) is 2.12. The van der Waals surface area contributed by atoms with Crippen LogP contribution in [-0.4, -0.2) is 15.5 Å². The highest BCUT2D eigenvalue weighted by atomic mass is 32.2. The van der Waals surface area contributed by atoms with Crippen molar-refractivity contribution >= 4 is 10.0 Å². The van der Waals surface area contributed by atoms with E-state index in [0.29, 0.717) is 11.3 Å². The van der Waals surface area contributed by atoms with Gasteiger partial charge in [-0.05, 0) is 42.7 Å². The van der Waals surface area contributed by atoms with Gasteiger partial charge in [0.25, 0.3) is 0 Å². The zero-order valence-corrected chi connectivity index (χ0v) is 13.2. The van der Waals surface area contributed by atoms with Gasteiger partial charge >= 0.3 is 0 Å². The summed E-state index contributed by atoms with van der Waals surface area (Å²) in [5.74, 6) is 0.689. The third-order valence-electron chi connectivity index (χ3n) is 3.29. The summed E-state index contributed by atoms with van der Waals surface area (Å²) in [6.45, 7) is 3.86. The third kappa shape index (κ3) is 3.62.